The second kappa shape index (κ2) is 11.3. The quantitative estimate of drug-likeness (QED) is 0.212. The Hall–Kier alpha value is -3.97. The molecule has 14 heteroatoms. The molecule has 0 radical (unpaired) electrons. The minimum absolute atomic E-state index is 0.00611. The molecule has 0 aliphatic carbocycles. The molecule has 0 bridgehead atoms. The molecule has 3 heterocycles. The summed E-state index contributed by atoms with van der Waals surface area (Å²) in [4.78, 5) is 12.9. The second-order valence-corrected chi connectivity index (χ2v) is 10.8. The van der Waals surface area contributed by atoms with Gasteiger partial charge in [0.1, 0.15) is 22.0 Å². The molecule has 0 aliphatic rings. The maximum Gasteiger partial charge on any atom is 0.264 e. The van der Waals surface area contributed by atoms with Gasteiger partial charge in [-0.25, -0.2) is 27.8 Å². The van der Waals surface area contributed by atoms with Crippen molar-refractivity contribution in [3.63, 3.8) is 0 Å². The number of pyridine rings is 1. The molecule has 206 valence electrons. The first-order chi connectivity index (χ1) is 19.2. The van der Waals surface area contributed by atoms with Crippen LogP contribution in [-0.4, -0.2) is 53.1 Å². The number of nitrogens with one attached hydrogen (secondary N) is 2. The summed E-state index contributed by atoms with van der Waals surface area (Å²) in [6.45, 7) is 0.106. The van der Waals surface area contributed by atoms with Crippen LogP contribution in [0, 0.1) is 5.82 Å². The van der Waals surface area contributed by atoms with Crippen LogP contribution in [0.5, 0.6) is 5.75 Å². The van der Waals surface area contributed by atoms with Gasteiger partial charge in [0.05, 0.1) is 40.8 Å². The third kappa shape index (κ3) is 5.26. The van der Waals surface area contributed by atoms with Crippen molar-refractivity contribution < 1.29 is 22.7 Å². The molecule has 5 rings (SSSR count). The minimum Gasteiger partial charge on any atom is -0.497 e. The lowest BCUT2D eigenvalue weighted by molar-refractivity contribution is 0.311. The number of sulfonamides is 1. The number of fused-ring (bicyclic) bond motifs is 1. The van der Waals surface area contributed by atoms with E-state index in [9.17, 15) is 8.42 Å². The fourth-order valence-corrected chi connectivity index (χ4v) is 6.26. The van der Waals surface area contributed by atoms with E-state index in [0.717, 1.165) is 0 Å². The van der Waals surface area contributed by atoms with Crippen molar-refractivity contribution in [1.29, 1.82) is 0 Å². The number of aromatic nitrogens is 4. The molecule has 0 saturated heterocycles. The van der Waals surface area contributed by atoms with Gasteiger partial charge in [-0.15, -0.1) is 0 Å². The van der Waals surface area contributed by atoms with E-state index in [-0.39, 0.29) is 51.0 Å². The number of aliphatic hydroxyl groups excluding tert-OH is 1. The molecule has 0 unspecified atom stereocenters. The molecule has 5 aromatic rings. The van der Waals surface area contributed by atoms with E-state index < -0.39 is 15.8 Å². The van der Waals surface area contributed by atoms with E-state index in [0.29, 0.717) is 22.8 Å². The van der Waals surface area contributed by atoms with Gasteiger partial charge in [0, 0.05) is 30.6 Å². The highest BCUT2D eigenvalue weighted by atomic mass is 35.5. The van der Waals surface area contributed by atoms with Crippen LogP contribution in [-0.2, 0) is 10.0 Å². The first-order valence-corrected chi connectivity index (χ1v) is 14.0. The normalized spacial score (nSPS) is 11.5. The summed E-state index contributed by atoms with van der Waals surface area (Å²) in [6, 6.07) is 13.5. The molecular formula is C26H21Cl2FN6O4S. The van der Waals surface area contributed by atoms with Crippen molar-refractivity contribution in [3.8, 4) is 28.4 Å². The molecular weight excluding hydrogens is 582 g/mol. The summed E-state index contributed by atoms with van der Waals surface area (Å²) in [5.41, 5.74) is 1.11. The molecule has 0 spiro atoms. The van der Waals surface area contributed by atoms with Crippen molar-refractivity contribution >= 4 is 50.5 Å². The summed E-state index contributed by atoms with van der Waals surface area (Å²) in [6.07, 6.45) is 3.22. The Labute approximate surface area is 238 Å². The first-order valence-electron chi connectivity index (χ1n) is 11.7. The Morgan fingerprint density at radius 1 is 1.07 bits per heavy atom. The van der Waals surface area contributed by atoms with Crippen LogP contribution in [0.15, 0.2) is 71.9 Å². The van der Waals surface area contributed by atoms with Crippen LogP contribution in [0.1, 0.15) is 0 Å². The maximum atomic E-state index is 16.1. The lowest BCUT2D eigenvalue weighted by atomic mass is 10.1. The molecule has 40 heavy (non-hydrogen) atoms. The van der Waals surface area contributed by atoms with Crippen LogP contribution in [0.3, 0.4) is 0 Å². The molecule has 0 fully saturated rings. The molecule has 2 aromatic carbocycles. The number of nitrogens with zero attached hydrogens (tertiary/aromatic N) is 4. The van der Waals surface area contributed by atoms with E-state index in [1.54, 1.807) is 28.8 Å². The molecule has 0 aliphatic heterocycles. The van der Waals surface area contributed by atoms with Crippen molar-refractivity contribution in [2.45, 2.75) is 4.90 Å². The SMILES string of the molecule is COc1ccn2c(-c3ccnc(NCCO)n3)c(-c3cccc(NS(=O)(=O)c4c(Cl)cccc4Cl)c3F)nc2c1. The average Bonchev–Trinajstić information content (AvgIpc) is 3.31. The van der Waals surface area contributed by atoms with Gasteiger partial charge in [-0.2, -0.15) is 0 Å². The van der Waals surface area contributed by atoms with Gasteiger partial charge in [0.2, 0.25) is 5.95 Å². The summed E-state index contributed by atoms with van der Waals surface area (Å²) in [5, 5.41) is 11.8. The summed E-state index contributed by atoms with van der Waals surface area (Å²) >= 11 is 12.2. The smallest absolute Gasteiger partial charge is 0.264 e. The zero-order valence-corrected chi connectivity index (χ0v) is 23.1. The van der Waals surface area contributed by atoms with Crippen LogP contribution in [0.4, 0.5) is 16.0 Å². The van der Waals surface area contributed by atoms with E-state index in [1.165, 1.54) is 49.7 Å². The van der Waals surface area contributed by atoms with Crippen LogP contribution in [0.25, 0.3) is 28.3 Å². The van der Waals surface area contributed by atoms with Gasteiger partial charge in [0.15, 0.2) is 5.82 Å². The van der Waals surface area contributed by atoms with Crippen molar-refractivity contribution in [3.05, 3.63) is 82.9 Å². The predicted octanol–water partition coefficient (Wildman–Crippen LogP) is 5.12. The monoisotopic (exact) mass is 602 g/mol. The fourth-order valence-electron chi connectivity index (χ4n) is 4.06. The number of imidazole rings is 1. The van der Waals surface area contributed by atoms with E-state index >= 15 is 4.39 Å². The molecule has 0 saturated carbocycles. The molecule has 0 atom stereocenters. The van der Waals surface area contributed by atoms with Gasteiger partial charge >= 0.3 is 0 Å². The number of ether oxygens (including phenoxy) is 1. The fraction of sp³-hybridized carbons (Fsp3) is 0.115. The van der Waals surface area contributed by atoms with E-state index in [1.807, 2.05) is 0 Å². The Kier molecular flexibility index (Phi) is 7.76. The molecule has 3 aromatic heterocycles. The third-order valence-corrected chi connectivity index (χ3v) is 8.13. The van der Waals surface area contributed by atoms with Gasteiger partial charge in [-0.05, 0) is 36.4 Å². The van der Waals surface area contributed by atoms with Gasteiger partial charge in [0.25, 0.3) is 10.0 Å². The third-order valence-electron chi connectivity index (χ3n) is 5.81. The van der Waals surface area contributed by atoms with Gasteiger partial charge in [-0.1, -0.05) is 35.3 Å². The van der Waals surface area contributed by atoms with Gasteiger partial charge in [-0.3, -0.25) is 9.12 Å². The molecule has 0 amide bonds. The van der Waals surface area contributed by atoms with Crippen LogP contribution < -0.4 is 14.8 Å². The summed E-state index contributed by atoms with van der Waals surface area (Å²) in [5.74, 6) is -0.0969. The number of hydrogen-bond acceptors (Lipinski definition) is 8. The topological polar surface area (TPSA) is 131 Å². The molecule has 3 N–H and O–H groups in total. The van der Waals surface area contributed by atoms with Crippen molar-refractivity contribution in [2.24, 2.45) is 0 Å². The number of benzene rings is 2. The number of anilines is 2. The van der Waals surface area contributed by atoms with E-state index in [2.05, 4.69) is 25.0 Å². The Morgan fingerprint density at radius 3 is 2.55 bits per heavy atom. The Morgan fingerprint density at radius 2 is 1.82 bits per heavy atom. The standard InChI is InChI=1S/C26H21Cl2FN6O4S/c1-39-15-9-12-35-21(14-15)33-23(24(35)20-8-10-30-26(32-20)31-11-13-36)16-4-2-7-19(22(16)29)34-40(37,38)25-17(27)5-3-6-18(25)28/h2-10,12,14,34,36H,11,13H2,1H3,(H,30,31,32). The Bertz CT molecular complexity index is 1810. The molecule has 10 nitrogen and oxygen atoms in total. The number of methoxy groups -OCH3 is 1. The van der Waals surface area contributed by atoms with Crippen LogP contribution >= 0.6 is 23.2 Å². The summed E-state index contributed by atoms with van der Waals surface area (Å²) in [7, 11) is -2.84. The lowest BCUT2D eigenvalue weighted by Crippen LogP contribution is -2.15. The van der Waals surface area contributed by atoms with Crippen LogP contribution in [0.2, 0.25) is 10.0 Å². The number of hydrogen-bond donors (Lipinski definition) is 3. The first kappa shape index (κ1) is 27.6. The van der Waals surface area contributed by atoms with Crippen molar-refractivity contribution in [1.82, 2.24) is 19.4 Å². The predicted molar refractivity (Wildman–Crippen MR) is 151 cm³/mol. The maximum absolute atomic E-state index is 16.1. The zero-order valence-electron chi connectivity index (χ0n) is 20.8. The zero-order chi connectivity index (χ0) is 28.4. The highest BCUT2D eigenvalue weighted by Gasteiger charge is 2.26. The second-order valence-electron chi connectivity index (χ2n) is 8.34. The average molecular weight is 603 g/mol. The lowest BCUT2D eigenvalue weighted by Gasteiger charge is -2.13. The number of aliphatic hydroxyl groups is 1. The summed E-state index contributed by atoms with van der Waals surface area (Å²) < 4.78 is 51.6. The van der Waals surface area contributed by atoms with Crippen molar-refractivity contribution in [2.75, 3.05) is 30.3 Å². The highest BCUT2D eigenvalue weighted by Crippen LogP contribution is 2.37. The van der Waals surface area contributed by atoms with Gasteiger partial charge < -0.3 is 15.2 Å². The largest absolute Gasteiger partial charge is 0.497 e. The number of halogens is 3. The number of rotatable bonds is 9. The Balaban J connectivity index is 1.67. The van der Waals surface area contributed by atoms with E-state index in [4.69, 9.17) is 33.0 Å². The highest BCUT2D eigenvalue weighted by molar-refractivity contribution is 7.93. The minimum atomic E-state index is -4.35.